The first-order valence-electron chi connectivity index (χ1n) is 6.03. The number of hydrogen-bond acceptors (Lipinski definition) is 4. The molecule has 6 heteroatoms. The zero-order valence-electron chi connectivity index (χ0n) is 12.0. The molecule has 0 heterocycles. The van der Waals surface area contributed by atoms with Crippen LogP contribution in [0.1, 0.15) is 30.5 Å². The zero-order valence-corrected chi connectivity index (χ0v) is 12.9. The number of nitrogen functional groups attached to an aromatic ring is 1. The van der Waals surface area contributed by atoms with Crippen molar-refractivity contribution in [2.24, 2.45) is 0 Å². The molecule has 0 bridgehead atoms. The molecular weight excluding hydrogens is 264 g/mol. The number of nitrogens with one attached hydrogen (secondary N) is 1. The number of hydrogen-bond donors (Lipinski definition) is 3. The lowest BCUT2D eigenvalue weighted by Gasteiger charge is -2.25. The minimum atomic E-state index is -3.73. The van der Waals surface area contributed by atoms with Crippen LogP contribution in [0.5, 0.6) is 0 Å². The molecule has 0 radical (unpaired) electrons. The number of nitrogens with two attached hydrogens (primary N) is 1. The molecule has 1 rings (SSSR count). The van der Waals surface area contributed by atoms with Crippen LogP contribution in [0.15, 0.2) is 11.0 Å². The summed E-state index contributed by atoms with van der Waals surface area (Å²) < 4.78 is 27.5. The summed E-state index contributed by atoms with van der Waals surface area (Å²) in [5, 5.41) is 9.20. The summed E-state index contributed by atoms with van der Waals surface area (Å²) >= 11 is 0. The molecule has 5 nitrogen and oxygen atoms in total. The zero-order chi connectivity index (χ0) is 15.0. The maximum absolute atomic E-state index is 12.5. The minimum absolute atomic E-state index is 0.200. The summed E-state index contributed by atoms with van der Waals surface area (Å²) in [6.45, 7) is 8.21. The Morgan fingerprint density at radius 1 is 1.26 bits per heavy atom. The van der Waals surface area contributed by atoms with E-state index in [1.807, 2.05) is 6.92 Å². The number of aliphatic hydroxyl groups is 1. The van der Waals surface area contributed by atoms with Crippen molar-refractivity contribution in [2.75, 3.05) is 12.3 Å². The van der Waals surface area contributed by atoms with Crippen LogP contribution in [0.2, 0.25) is 0 Å². The van der Waals surface area contributed by atoms with Gasteiger partial charge in [-0.15, -0.1) is 0 Å². The highest BCUT2D eigenvalue weighted by molar-refractivity contribution is 7.89. The van der Waals surface area contributed by atoms with Gasteiger partial charge >= 0.3 is 0 Å². The van der Waals surface area contributed by atoms with E-state index >= 15 is 0 Å². The van der Waals surface area contributed by atoms with E-state index < -0.39 is 15.6 Å². The highest BCUT2D eigenvalue weighted by Crippen LogP contribution is 2.28. The molecule has 0 saturated heterocycles. The fourth-order valence-corrected chi connectivity index (χ4v) is 3.87. The van der Waals surface area contributed by atoms with Crippen LogP contribution < -0.4 is 10.5 Å². The molecule has 0 saturated carbocycles. The van der Waals surface area contributed by atoms with Crippen molar-refractivity contribution < 1.29 is 13.5 Å². The lowest BCUT2D eigenvalue weighted by atomic mass is 10.1. The van der Waals surface area contributed by atoms with Gasteiger partial charge in [-0.05, 0) is 57.4 Å². The van der Waals surface area contributed by atoms with Gasteiger partial charge in [-0.3, -0.25) is 0 Å². The largest absolute Gasteiger partial charge is 0.398 e. The summed E-state index contributed by atoms with van der Waals surface area (Å²) in [7, 11) is -3.73. The molecular formula is C13H22N2O3S. The summed E-state index contributed by atoms with van der Waals surface area (Å²) in [6.07, 6.45) is 0. The molecule has 0 fully saturated rings. The first kappa shape index (κ1) is 15.9. The van der Waals surface area contributed by atoms with Crippen molar-refractivity contribution in [3.63, 3.8) is 0 Å². The fourth-order valence-electron chi connectivity index (χ4n) is 1.89. The fraction of sp³-hybridized carbons (Fsp3) is 0.538. The quantitative estimate of drug-likeness (QED) is 0.726. The summed E-state index contributed by atoms with van der Waals surface area (Å²) in [5.41, 5.74) is 7.40. The molecule has 0 aromatic heterocycles. The van der Waals surface area contributed by atoms with E-state index in [0.717, 1.165) is 5.56 Å². The summed E-state index contributed by atoms with van der Waals surface area (Å²) in [5.74, 6) is 0. The predicted octanol–water partition coefficient (Wildman–Crippen LogP) is 1.24. The van der Waals surface area contributed by atoms with Crippen molar-refractivity contribution in [3.05, 3.63) is 22.8 Å². The van der Waals surface area contributed by atoms with Gasteiger partial charge in [0.25, 0.3) is 0 Å². The van der Waals surface area contributed by atoms with Gasteiger partial charge in [0.15, 0.2) is 0 Å². The van der Waals surface area contributed by atoms with Crippen LogP contribution in [0.25, 0.3) is 0 Å². The first-order valence-corrected chi connectivity index (χ1v) is 7.51. The molecule has 19 heavy (non-hydrogen) atoms. The van der Waals surface area contributed by atoms with E-state index in [1.165, 1.54) is 0 Å². The lowest BCUT2D eigenvalue weighted by molar-refractivity contribution is 0.208. The number of rotatable bonds is 4. The molecule has 1 aromatic carbocycles. The van der Waals surface area contributed by atoms with Crippen molar-refractivity contribution >= 4 is 15.7 Å². The van der Waals surface area contributed by atoms with Gasteiger partial charge in [0.2, 0.25) is 10.0 Å². The van der Waals surface area contributed by atoms with E-state index in [2.05, 4.69) is 4.72 Å². The highest BCUT2D eigenvalue weighted by Gasteiger charge is 2.29. The second-order valence-electron chi connectivity index (χ2n) is 5.51. The predicted molar refractivity (Wildman–Crippen MR) is 76.6 cm³/mol. The van der Waals surface area contributed by atoms with E-state index in [4.69, 9.17) is 5.73 Å². The normalized spacial score (nSPS) is 12.7. The molecule has 0 aliphatic carbocycles. The Morgan fingerprint density at radius 2 is 1.79 bits per heavy atom. The summed E-state index contributed by atoms with van der Waals surface area (Å²) in [4.78, 5) is 0.200. The molecule has 4 N–H and O–H groups in total. The number of sulfonamides is 1. The van der Waals surface area contributed by atoms with Gasteiger partial charge < -0.3 is 10.8 Å². The van der Waals surface area contributed by atoms with Crippen LogP contribution in [0.4, 0.5) is 5.69 Å². The van der Waals surface area contributed by atoms with Gasteiger partial charge in [0.1, 0.15) is 0 Å². The molecule has 0 aliphatic heterocycles. The molecule has 108 valence electrons. The van der Waals surface area contributed by atoms with E-state index in [9.17, 15) is 13.5 Å². The molecule has 1 aromatic rings. The highest BCUT2D eigenvalue weighted by atomic mass is 32.2. The third-order valence-corrected chi connectivity index (χ3v) is 5.12. The molecule has 0 unspecified atom stereocenters. The third-order valence-electron chi connectivity index (χ3n) is 3.15. The van der Waals surface area contributed by atoms with E-state index in [-0.39, 0.29) is 11.5 Å². The Morgan fingerprint density at radius 3 is 2.26 bits per heavy atom. The average molecular weight is 286 g/mol. The SMILES string of the molecule is Cc1cc(N)c(C)c(S(=O)(=O)NC(C)(C)CO)c1C. The van der Waals surface area contributed by atoms with Gasteiger partial charge in [0, 0.05) is 5.69 Å². The molecule has 0 aliphatic rings. The van der Waals surface area contributed by atoms with Crippen LogP contribution >= 0.6 is 0 Å². The number of anilines is 1. The molecule has 0 atom stereocenters. The smallest absolute Gasteiger partial charge is 0.241 e. The monoisotopic (exact) mass is 286 g/mol. The Balaban J connectivity index is 3.46. The van der Waals surface area contributed by atoms with E-state index in [0.29, 0.717) is 16.8 Å². The second kappa shape index (κ2) is 5.11. The van der Waals surface area contributed by atoms with Crippen molar-refractivity contribution in [1.29, 1.82) is 0 Å². The lowest BCUT2D eigenvalue weighted by Crippen LogP contribution is -2.46. The standard InChI is InChI=1S/C13H22N2O3S/c1-8-6-11(14)10(3)12(9(8)2)19(17,18)15-13(4,5)7-16/h6,15-16H,7,14H2,1-5H3. The molecule has 0 spiro atoms. The maximum atomic E-state index is 12.5. The van der Waals surface area contributed by atoms with Gasteiger partial charge in [-0.25, -0.2) is 13.1 Å². The molecule has 0 amide bonds. The topological polar surface area (TPSA) is 92.4 Å². The van der Waals surface area contributed by atoms with Crippen LogP contribution in [0.3, 0.4) is 0 Å². The van der Waals surface area contributed by atoms with Crippen molar-refractivity contribution in [3.8, 4) is 0 Å². The number of benzene rings is 1. The number of aliphatic hydroxyl groups excluding tert-OH is 1. The maximum Gasteiger partial charge on any atom is 0.241 e. The van der Waals surface area contributed by atoms with Gasteiger partial charge in [-0.2, -0.15) is 0 Å². The van der Waals surface area contributed by atoms with E-state index in [1.54, 1.807) is 33.8 Å². The van der Waals surface area contributed by atoms with Crippen LogP contribution in [-0.4, -0.2) is 25.7 Å². The van der Waals surface area contributed by atoms with Crippen LogP contribution in [0, 0.1) is 20.8 Å². The Bertz CT molecular complexity index is 566. The van der Waals surface area contributed by atoms with Crippen molar-refractivity contribution in [2.45, 2.75) is 45.1 Å². The summed E-state index contributed by atoms with van der Waals surface area (Å²) in [6, 6.07) is 1.76. The first-order chi connectivity index (χ1) is 8.52. The van der Waals surface area contributed by atoms with Gasteiger partial charge in [0.05, 0.1) is 17.0 Å². The van der Waals surface area contributed by atoms with Gasteiger partial charge in [-0.1, -0.05) is 0 Å². The average Bonchev–Trinajstić information content (AvgIpc) is 2.25. The number of aryl methyl sites for hydroxylation is 1. The second-order valence-corrected chi connectivity index (χ2v) is 7.13. The Labute approximate surface area is 114 Å². The Hall–Kier alpha value is -1.11. The van der Waals surface area contributed by atoms with Crippen molar-refractivity contribution in [1.82, 2.24) is 4.72 Å². The Kier molecular flexibility index (Phi) is 4.29. The van der Waals surface area contributed by atoms with Crippen LogP contribution in [-0.2, 0) is 10.0 Å². The minimum Gasteiger partial charge on any atom is -0.398 e. The third kappa shape index (κ3) is 3.26.